The molecule has 0 aromatic rings. The lowest BCUT2D eigenvalue weighted by Crippen LogP contribution is -2.31. The van der Waals surface area contributed by atoms with Crippen LogP contribution >= 0.6 is 0 Å². The van der Waals surface area contributed by atoms with Crippen LogP contribution in [0.3, 0.4) is 0 Å². The highest BCUT2D eigenvalue weighted by Crippen LogP contribution is 2.01. The molecular formula is C14H36N2O2Si2. The summed E-state index contributed by atoms with van der Waals surface area (Å²) >= 11 is 0. The molecule has 0 amide bonds. The van der Waals surface area contributed by atoms with E-state index in [1.165, 1.54) is 38.0 Å². The first-order valence-corrected chi connectivity index (χ1v) is 11.4. The van der Waals surface area contributed by atoms with Gasteiger partial charge in [0.25, 0.3) is 0 Å². The SMILES string of the molecule is CC(C)O[SiH2]CCCN(CCN)CCC[SiH2]OC(C)C. The lowest BCUT2D eigenvalue weighted by molar-refractivity contribution is 0.247. The molecule has 0 aliphatic carbocycles. The molecule has 0 spiro atoms. The van der Waals surface area contributed by atoms with Crippen LogP contribution in [0.4, 0.5) is 0 Å². The van der Waals surface area contributed by atoms with Gasteiger partial charge in [-0.2, -0.15) is 0 Å². The second-order valence-corrected chi connectivity index (χ2v) is 8.78. The van der Waals surface area contributed by atoms with E-state index in [-0.39, 0.29) is 19.5 Å². The van der Waals surface area contributed by atoms with Gasteiger partial charge in [-0.05, 0) is 65.7 Å². The minimum Gasteiger partial charge on any atom is -0.422 e. The van der Waals surface area contributed by atoms with E-state index in [0.29, 0.717) is 12.2 Å². The van der Waals surface area contributed by atoms with Gasteiger partial charge in [0.05, 0.1) is 0 Å². The molecule has 0 aromatic carbocycles. The molecule has 6 heteroatoms. The van der Waals surface area contributed by atoms with E-state index in [0.717, 1.165) is 13.1 Å². The van der Waals surface area contributed by atoms with E-state index >= 15 is 0 Å². The molecule has 0 aromatic heterocycles. The fourth-order valence-electron chi connectivity index (χ4n) is 2.03. The summed E-state index contributed by atoms with van der Waals surface area (Å²) in [6.07, 6.45) is 3.35. The molecule has 20 heavy (non-hydrogen) atoms. The highest BCUT2D eigenvalue weighted by atomic mass is 28.2. The Morgan fingerprint density at radius 1 is 0.850 bits per heavy atom. The zero-order chi connectivity index (χ0) is 15.2. The fourth-order valence-corrected chi connectivity index (χ4v) is 4.16. The first-order valence-electron chi connectivity index (χ1n) is 8.22. The van der Waals surface area contributed by atoms with Crippen LogP contribution < -0.4 is 5.73 Å². The third-order valence-electron chi connectivity index (χ3n) is 3.09. The van der Waals surface area contributed by atoms with Gasteiger partial charge < -0.3 is 19.5 Å². The first kappa shape index (κ1) is 20.3. The predicted molar refractivity (Wildman–Crippen MR) is 93.9 cm³/mol. The van der Waals surface area contributed by atoms with Gasteiger partial charge in [-0.15, -0.1) is 0 Å². The first-order chi connectivity index (χ1) is 9.56. The largest absolute Gasteiger partial charge is 0.422 e. The van der Waals surface area contributed by atoms with Gasteiger partial charge in [0.15, 0.2) is 19.5 Å². The highest BCUT2D eigenvalue weighted by Gasteiger charge is 2.04. The van der Waals surface area contributed by atoms with E-state index in [4.69, 9.17) is 14.6 Å². The van der Waals surface area contributed by atoms with Crippen molar-refractivity contribution < 1.29 is 8.85 Å². The molecule has 0 atom stereocenters. The quantitative estimate of drug-likeness (QED) is 0.381. The molecule has 0 fully saturated rings. The van der Waals surface area contributed by atoms with Crippen molar-refractivity contribution in [1.82, 2.24) is 4.90 Å². The number of rotatable bonds is 14. The number of hydrogen-bond acceptors (Lipinski definition) is 4. The average molecular weight is 321 g/mol. The van der Waals surface area contributed by atoms with Crippen molar-refractivity contribution in [2.45, 2.75) is 64.8 Å². The summed E-state index contributed by atoms with van der Waals surface area (Å²) in [5.74, 6) is 0. The van der Waals surface area contributed by atoms with E-state index in [1.807, 2.05) is 0 Å². The number of nitrogens with two attached hydrogens (primary N) is 1. The average Bonchev–Trinajstić information content (AvgIpc) is 2.37. The molecule has 0 unspecified atom stereocenters. The monoisotopic (exact) mass is 320 g/mol. The Bertz CT molecular complexity index is 190. The molecule has 0 aliphatic rings. The number of nitrogens with zero attached hydrogens (tertiary/aromatic N) is 1. The van der Waals surface area contributed by atoms with Crippen LogP contribution in [0.25, 0.3) is 0 Å². The van der Waals surface area contributed by atoms with Gasteiger partial charge in [0.1, 0.15) is 0 Å². The third kappa shape index (κ3) is 14.7. The Labute approximate surface area is 130 Å². The van der Waals surface area contributed by atoms with Gasteiger partial charge in [0.2, 0.25) is 0 Å². The molecule has 0 saturated heterocycles. The Balaban J connectivity index is 3.55. The van der Waals surface area contributed by atoms with E-state index in [1.54, 1.807) is 0 Å². The van der Waals surface area contributed by atoms with Crippen molar-refractivity contribution in [3.63, 3.8) is 0 Å². The maximum absolute atomic E-state index is 5.70. The smallest absolute Gasteiger partial charge is 0.161 e. The topological polar surface area (TPSA) is 47.7 Å². The van der Waals surface area contributed by atoms with Gasteiger partial charge in [-0.3, -0.25) is 0 Å². The molecule has 122 valence electrons. The van der Waals surface area contributed by atoms with Crippen molar-refractivity contribution in [3.05, 3.63) is 0 Å². The fraction of sp³-hybridized carbons (Fsp3) is 1.00. The van der Waals surface area contributed by atoms with E-state index < -0.39 is 0 Å². The van der Waals surface area contributed by atoms with Gasteiger partial charge >= 0.3 is 0 Å². The van der Waals surface area contributed by atoms with Gasteiger partial charge in [0, 0.05) is 25.3 Å². The molecule has 0 radical (unpaired) electrons. The lowest BCUT2D eigenvalue weighted by atomic mass is 10.3. The van der Waals surface area contributed by atoms with Crippen LogP contribution in [0.5, 0.6) is 0 Å². The Kier molecular flexibility index (Phi) is 14.4. The Morgan fingerprint density at radius 3 is 1.65 bits per heavy atom. The van der Waals surface area contributed by atoms with Crippen LogP contribution in [0, 0.1) is 0 Å². The Morgan fingerprint density at radius 2 is 1.30 bits per heavy atom. The summed E-state index contributed by atoms with van der Waals surface area (Å²) in [7, 11) is -0.601. The molecule has 2 N–H and O–H groups in total. The molecule has 0 rings (SSSR count). The molecule has 0 bridgehead atoms. The van der Waals surface area contributed by atoms with Gasteiger partial charge in [-0.25, -0.2) is 0 Å². The van der Waals surface area contributed by atoms with E-state index in [2.05, 4.69) is 32.6 Å². The summed E-state index contributed by atoms with van der Waals surface area (Å²) in [5.41, 5.74) is 5.70. The van der Waals surface area contributed by atoms with Crippen molar-refractivity contribution in [3.8, 4) is 0 Å². The van der Waals surface area contributed by atoms with Crippen LogP contribution in [0.1, 0.15) is 40.5 Å². The second-order valence-electron chi connectivity index (χ2n) is 5.88. The third-order valence-corrected chi connectivity index (χ3v) is 6.47. The maximum Gasteiger partial charge on any atom is 0.161 e. The minimum absolute atomic E-state index is 0.301. The van der Waals surface area contributed by atoms with E-state index in [9.17, 15) is 0 Å². The number of hydrogen-bond donors (Lipinski definition) is 1. The van der Waals surface area contributed by atoms with Crippen LogP contribution in [-0.2, 0) is 8.85 Å². The van der Waals surface area contributed by atoms with Gasteiger partial charge in [-0.1, -0.05) is 0 Å². The van der Waals surface area contributed by atoms with Crippen molar-refractivity contribution in [2.24, 2.45) is 5.73 Å². The summed E-state index contributed by atoms with van der Waals surface area (Å²) in [6, 6.07) is 2.56. The summed E-state index contributed by atoms with van der Waals surface area (Å²) in [6.45, 7) is 12.6. The molecule has 4 nitrogen and oxygen atoms in total. The minimum atomic E-state index is -0.301. The maximum atomic E-state index is 5.70. The molecule has 0 heterocycles. The normalized spacial score (nSPS) is 13.2. The molecular weight excluding hydrogens is 284 g/mol. The lowest BCUT2D eigenvalue weighted by Gasteiger charge is -2.21. The Hall–Kier alpha value is 0.274. The second kappa shape index (κ2) is 14.2. The zero-order valence-electron chi connectivity index (χ0n) is 14.1. The van der Waals surface area contributed by atoms with Crippen molar-refractivity contribution in [2.75, 3.05) is 26.2 Å². The summed E-state index contributed by atoms with van der Waals surface area (Å²) in [4.78, 5) is 2.51. The standard InChI is InChI=1S/C14H36N2O2Si2/c1-13(2)17-19-11-5-8-16(10-7-15)9-6-12-20-18-14(3)4/h13-14H,5-12,15,19-20H2,1-4H3. The summed E-state index contributed by atoms with van der Waals surface area (Å²) in [5, 5.41) is 0. The van der Waals surface area contributed by atoms with Crippen molar-refractivity contribution >= 4 is 19.5 Å². The summed E-state index contributed by atoms with van der Waals surface area (Å²) < 4.78 is 11.4. The zero-order valence-corrected chi connectivity index (χ0v) is 16.9. The van der Waals surface area contributed by atoms with Crippen LogP contribution in [0.15, 0.2) is 0 Å². The van der Waals surface area contributed by atoms with Crippen molar-refractivity contribution in [1.29, 1.82) is 0 Å². The van der Waals surface area contributed by atoms with Crippen LogP contribution in [0.2, 0.25) is 12.1 Å². The predicted octanol–water partition coefficient (Wildman–Crippen LogP) is 0.881. The van der Waals surface area contributed by atoms with Crippen LogP contribution in [-0.4, -0.2) is 62.8 Å². The highest BCUT2D eigenvalue weighted by molar-refractivity contribution is 6.27. The molecule has 0 aliphatic heterocycles. The molecule has 0 saturated carbocycles.